The summed E-state index contributed by atoms with van der Waals surface area (Å²) >= 11 is 5.77. The average molecular weight is 411 g/mol. The Kier molecular flexibility index (Phi) is 5.71. The van der Waals surface area contributed by atoms with E-state index >= 15 is 0 Å². The van der Waals surface area contributed by atoms with Gasteiger partial charge in [-0.3, -0.25) is 4.79 Å². The molecule has 148 valence electrons. The van der Waals surface area contributed by atoms with Crippen molar-refractivity contribution < 1.29 is 9.18 Å². The van der Waals surface area contributed by atoms with Crippen molar-refractivity contribution in [1.82, 2.24) is 9.97 Å². The number of carbonyl (C=O) groups excluding carboxylic acids is 1. The first-order valence-electron chi connectivity index (χ1n) is 9.54. The Morgan fingerprint density at radius 2 is 1.76 bits per heavy atom. The quantitative estimate of drug-likeness (QED) is 0.644. The highest BCUT2D eigenvalue weighted by molar-refractivity contribution is 6.31. The van der Waals surface area contributed by atoms with E-state index in [1.165, 1.54) is 37.5 Å². The zero-order valence-corrected chi connectivity index (χ0v) is 16.5. The SMILES string of the molecule is O=C(Nc1ccc(F)c(Cl)c1)c1cccc(-c2cnc(N3CCCCC3)nc2)c1. The Morgan fingerprint density at radius 1 is 1.00 bits per heavy atom. The van der Waals surface area contributed by atoms with Crippen LogP contribution < -0.4 is 10.2 Å². The first kappa shape index (κ1) is 19.3. The molecule has 1 amide bonds. The van der Waals surface area contributed by atoms with Crippen LogP contribution in [0.25, 0.3) is 11.1 Å². The molecule has 1 N–H and O–H groups in total. The molecule has 3 aromatic rings. The van der Waals surface area contributed by atoms with Gasteiger partial charge in [0.2, 0.25) is 5.95 Å². The van der Waals surface area contributed by atoms with E-state index in [4.69, 9.17) is 11.6 Å². The molecule has 0 saturated carbocycles. The predicted molar refractivity (Wildman–Crippen MR) is 113 cm³/mol. The molecular weight excluding hydrogens is 391 g/mol. The number of anilines is 2. The molecule has 0 aliphatic carbocycles. The van der Waals surface area contributed by atoms with Gasteiger partial charge in [0, 0.05) is 42.3 Å². The second kappa shape index (κ2) is 8.57. The number of rotatable bonds is 4. The molecule has 0 unspecified atom stereocenters. The molecule has 1 fully saturated rings. The van der Waals surface area contributed by atoms with Gasteiger partial charge in [-0.15, -0.1) is 0 Å². The average Bonchev–Trinajstić information content (AvgIpc) is 2.77. The van der Waals surface area contributed by atoms with Crippen LogP contribution in [0.5, 0.6) is 0 Å². The summed E-state index contributed by atoms with van der Waals surface area (Å²) < 4.78 is 13.3. The van der Waals surface area contributed by atoms with Crippen LogP contribution in [0.1, 0.15) is 29.6 Å². The third-order valence-corrected chi connectivity index (χ3v) is 5.20. The molecule has 1 aliphatic heterocycles. The third-order valence-electron chi connectivity index (χ3n) is 4.91. The van der Waals surface area contributed by atoms with Crippen molar-refractivity contribution in [3.05, 3.63) is 71.3 Å². The number of piperidine rings is 1. The molecule has 0 bridgehead atoms. The second-order valence-corrected chi connectivity index (χ2v) is 7.39. The van der Waals surface area contributed by atoms with Gasteiger partial charge < -0.3 is 10.2 Å². The standard InChI is InChI=1S/C22H20ClFN4O/c23-19-12-18(7-8-20(19)24)27-21(29)16-6-4-5-15(11-16)17-13-25-22(26-14-17)28-9-2-1-3-10-28/h4-8,11-14H,1-3,9-10H2,(H,27,29). The molecule has 0 spiro atoms. The molecule has 29 heavy (non-hydrogen) atoms. The first-order valence-corrected chi connectivity index (χ1v) is 9.92. The minimum absolute atomic E-state index is 0.0394. The Bertz CT molecular complexity index is 1020. The van der Waals surface area contributed by atoms with E-state index in [-0.39, 0.29) is 10.9 Å². The van der Waals surface area contributed by atoms with Gasteiger partial charge in [-0.1, -0.05) is 23.7 Å². The third kappa shape index (κ3) is 4.54. The highest BCUT2D eigenvalue weighted by Crippen LogP contribution is 2.23. The lowest BCUT2D eigenvalue weighted by molar-refractivity contribution is 0.102. The molecule has 2 aromatic carbocycles. The molecule has 1 aromatic heterocycles. The van der Waals surface area contributed by atoms with Crippen molar-refractivity contribution in [1.29, 1.82) is 0 Å². The van der Waals surface area contributed by atoms with Crippen molar-refractivity contribution in [2.24, 2.45) is 0 Å². The van der Waals surface area contributed by atoms with Crippen LogP contribution in [0.4, 0.5) is 16.0 Å². The van der Waals surface area contributed by atoms with Crippen LogP contribution in [0.15, 0.2) is 54.9 Å². The number of nitrogens with one attached hydrogen (secondary N) is 1. The van der Waals surface area contributed by atoms with E-state index in [0.29, 0.717) is 11.3 Å². The normalized spacial score (nSPS) is 13.9. The monoisotopic (exact) mass is 410 g/mol. The lowest BCUT2D eigenvalue weighted by Gasteiger charge is -2.26. The Hall–Kier alpha value is -2.99. The van der Waals surface area contributed by atoms with Crippen molar-refractivity contribution in [2.75, 3.05) is 23.3 Å². The summed E-state index contributed by atoms with van der Waals surface area (Å²) in [5, 5.41) is 2.69. The van der Waals surface area contributed by atoms with Crippen LogP contribution in [-0.4, -0.2) is 29.0 Å². The molecule has 5 nitrogen and oxygen atoms in total. The predicted octanol–water partition coefficient (Wildman–Crippen LogP) is 5.18. The van der Waals surface area contributed by atoms with Crippen LogP contribution in [-0.2, 0) is 0 Å². The van der Waals surface area contributed by atoms with E-state index in [2.05, 4.69) is 20.2 Å². The number of amides is 1. The minimum atomic E-state index is -0.528. The Balaban J connectivity index is 1.50. The van der Waals surface area contributed by atoms with Crippen molar-refractivity contribution in [3.8, 4) is 11.1 Å². The fourth-order valence-electron chi connectivity index (χ4n) is 3.34. The fraction of sp³-hybridized carbons (Fsp3) is 0.227. The van der Waals surface area contributed by atoms with Gasteiger partial charge in [-0.25, -0.2) is 14.4 Å². The van der Waals surface area contributed by atoms with Crippen LogP contribution in [0.3, 0.4) is 0 Å². The molecule has 2 heterocycles. The molecule has 7 heteroatoms. The molecule has 1 aliphatic rings. The molecule has 0 atom stereocenters. The maximum Gasteiger partial charge on any atom is 0.255 e. The van der Waals surface area contributed by atoms with Crippen LogP contribution in [0, 0.1) is 5.82 Å². The van der Waals surface area contributed by atoms with Gasteiger partial charge in [-0.05, 0) is 55.2 Å². The van der Waals surface area contributed by atoms with Crippen LogP contribution in [0.2, 0.25) is 5.02 Å². The molecule has 0 radical (unpaired) electrons. The summed E-state index contributed by atoms with van der Waals surface area (Å²) in [4.78, 5) is 23.8. The van der Waals surface area contributed by atoms with Gasteiger partial charge in [0.15, 0.2) is 0 Å². The zero-order valence-electron chi connectivity index (χ0n) is 15.7. The highest BCUT2D eigenvalue weighted by atomic mass is 35.5. The Labute approximate surface area is 173 Å². The molecular formula is C22H20ClFN4O. The molecule has 4 rings (SSSR count). The lowest BCUT2D eigenvalue weighted by Crippen LogP contribution is -2.30. The smallest absolute Gasteiger partial charge is 0.255 e. The van der Waals surface area contributed by atoms with E-state index in [0.717, 1.165) is 30.2 Å². The van der Waals surface area contributed by atoms with Gasteiger partial charge >= 0.3 is 0 Å². The summed E-state index contributed by atoms with van der Waals surface area (Å²) in [7, 11) is 0. The Morgan fingerprint density at radius 3 is 2.48 bits per heavy atom. The number of hydrogen-bond acceptors (Lipinski definition) is 4. The number of halogens is 2. The summed E-state index contributed by atoms with van der Waals surface area (Å²) in [5.41, 5.74) is 2.59. The molecule has 1 saturated heterocycles. The summed E-state index contributed by atoms with van der Waals surface area (Å²) in [6.45, 7) is 1.98. The number of benzene rings is 2. The zero-order chi connectivity index (χ0) is 20.2. The lowest BCUT2D eigenvalue weighted by atomic mass is 10.1. The maximum atomic E-state index is 13.3. The maximum absolute atomic E-state index is 13.3. The fourth-order valence-corrected chi connectivity index (χ4v) is 3.53. The van der Waals surface area contributed by atoms with E-state index in [1.54, 1.807) is 30.6 Å². The summed E-state index contributed by atoms with van der Waals surface area (Å²) in [6, 6.07) is 11.3. The second-order valence-electron chi connectivity index (χ2n) is 6.98. The van der Waals surface area contributed by atoms with E-state index in [9.17, 15) is 9.18 Å². The van der Waals surface area contributed by atoms with Crippen molar-refractivity contribution in [3.63, 3.8) is 0 Å². The van der Waals surface area contributed by atoms with Gasteiger partial charge in [0.05, 0.1) is 5.02 Å². The largest absolute Gasteiger partial charge is 0.341 e. The first-order chi connectivity index (χ1) is 14.1. The minimum Gasteiger partial charge on any atom is -0.341 e. The van der Waals surface area contributed by atoms with Crippen molar-refractivity contribution in [2.45, 2.75) is 19.3 Å². The van der Waals surface area contributed by atoms with Gasteiger partial charge in [-0.2, -0.15) is 0 Å². The number of carbonyl (C=O) groups is 1. The summed E-state index contributed by atoms with van der Waals surface area (Å²) in [5.74, 6) is -0.0874. The summed E-state index contributed by atoms with van der Waals surface area (Å²) in [6.07, 6.45) is 7.16. The van der Waals surface area contributed by atoms with Crippen molar-refractivity contribution >= 4 is 29.1 Å². The van der Waals surface area contributed by atoms with Crippen LogP contribution >= 0.6 is 11.6 Å². The van der Waals surface area contributed by atoms with E-state index in [1.807, 2.05) is 6.07 Å². The topological polar surface area (TPSA) is 58.1 Å². The van der Waals surface area contributed by atoms with E-state index < -0.39 is 5.82 Å². The van der Waals surface area contributed by atoms with Gasteiger partial charge in [0.25, 0.3) is 5.91 Å². The van der Waals surface area contributed by atoms with Gasteiger partial charge in [0.1, 0.15) is 5.82 Å². The highest BCUT2D eigenvalue weighted by Gasteiger charge is 2.14. The number of nitrogens with zero attached hydrogens (tertiary/aromatic N) is 3. The number of aromatic nitrogens is 2. The number of hydrogen-bond donors (Lipinski definition) is 1.